The lowest BCUT2D eigenvalue weighted by Crippen LogP contribution is -2.37. The molecule has 0 bridgehead atoms. The number of carbonyl (C=O) groups is 3. The molecule has 8 nitrogen and oxygen atoms in total. The molecule has 3 aromatic rings. The van der Waals surface area contributed by atoms with E-state index in [2.05, 4.69) is 15.3 Å². The van der Waals surface area contributed by atoms with E-state index in [0.29, 0.717) is 22.6 Å². The molecule has 0 atom stereocenters. The highest BCUT2D eigenvalue weighted by Gasteiger charge is 2.36. The summed E-state index contributed by atoms with van der Waals surface area (Å²) in [7, 11) is 0. The van der Waals surface area contributed by atoms with E-state index in [4.69, 9.17) is 4.74 Å². The second kappa shape index (κ2) is 7.51. The number of ether oxygens (including phenoxy) is 1. The largest absolute Gasteiger partial charge is 0.424 e. The number of anilines is 1. The highest BCUT2D eigenvalue weighted by atomic mass is 16.5. The molecule has 1 aromatic heterocycles. The van der Waals surface area contributed by atoms with Crippen molar-refractivity contribution in [3.05, 3.63) is 77.6 Å². The van der Waals surface area contributed by atoms with Gasteiger partial charge in [0.15, 0.2) is 0 Å². The molecular formula is C21H16N4O4. The van der Waals surface area contributed by atoms with Crippen LogP contribution in [0.25, 0.3) is 0 Å². The van der Waals surface area contributed by atoms with Gasteiger partial charge in [-0.3, -0.25) is 19.3 Å². The first-order chi connectivity index (χ1) is 14.0. The van der Waals surface area contributed by atoms with Gasteiger partial charge in [-0.1, -0.05) is 12.1 Å². The fourth-order valence-electron chi connectivity index (χ4n) is 3.00. The molecule has 4 rings (SSSR count). The number of fused-ring (bicyclic) bond motifs is 1. The number of aryl methyl sites for hydroxylation is 1. The lowest BCUT2D eigenvalue weighted by atomic mass is 10.1. The number of benzene rings is 2. The summed E-state index contributed by atoms with van der Waals surface area (Å²) in [5, 5.41) is 2.72. The van der Waals surface area contributed by atoms with E-state index in [9.17, 15) is 14.4 Å². The predicted octanol–water partition coefficient (Wildman–Crippen LogP) is 2.81. The summed E-state index contributed by atoms with van der Waals surface area (Å²) >= 11 is 0. The Morgan fingerprint density at radius 3 is 2.28 bits per heavy atom. The van der Waals surface area contributed by atoms with Crippen molar-refractivity contribution >= 4 is 23.4 Å². The van der Waals surface area contributed by atoms with Crippen molar-refractivity contribution in [1.29, 1.82) is 0 Å². The van der Waals surface area contributed by atoms with Crippen LogP contribution < -0.4 is 10.1 Å². The third kappa shape index (κ3) is 3.68. The van der Waals surface area contributed by atoms with E-state index in [-0.39, 0.29) is 12.6 Å². The van der Waals surface area contributed by atoms with Gasteiger partial charge in [0.2, 0.25) is 5.91 Å². The minimum atomic E-state index is -0.470. The molecule has 1 N–H and O–H groups in total. The molecule has 0 saturated heterocycles. The molecule has 0 saturated carbocycles. The topological polar surface area (TPSA) is 101 Å². The summed E-state index contributed by atoms with van der Waals surface area (Å²) in [5.74, 6) is -0.886. The highest BCUT2D eigenvalue weighted by Crippen LogP contribution is 2.25. The zero-order valence-corrected chi connectivity index (χ0v) is 15.5. The Balaban J connectivity index is 1.43. The maximum atomic E-state index is 12.4. The van der Waals surface area contributed by atoms with Crippen molar-refractivity contribution in [1.82, 2.24) is 14.9 Å². The molecule has 0 radical (unpaired) electrons. The number of nitrogens with one attached hydrogen (secondary N) is 1. The molecule has 29 heavy (non-hydrogen) atoms. The smallest absolute Gasteiger partial charge is 0.321 e. The van der Waals surface area contributed by atoms with Crippen LogP contribution in [0.1, 0.15) is 26.3 Å². The van der Waals surface area contributed by atoms with Crippen LogP contribution in [-0.4, -0.2) is 39.1 Å². The monoisotopic (exact) mass is 388 g/mol. The zero-order chi connectivity index (χ0) is 20.4. The van der Waals surface area contributed by atoms with E-state index in [0.717, 1.165) is 10.5 Å². The van der Waals surface area contributed by atoms with Crippen LogP contribution in [0.5, 0.6) is 11.8 Å². The van der Waals surface area contributed by atoms with Gasteiger partial charge in [0.05, 0.1) is 11.1 Å². The number of carbonyl (C=O) groups excluding carboxylic acids is 3. The first-order valence-corrected chi connectivity index (χ1v) is 8.83. The van der Waals surface area contributed by atoms with Gasteiger partial charge >= 0.3 is 6.01 Å². The Labute approximate surface area is 166 Å². The second-order valence-electron chi connectivity index (χ2n) is 6.40. The van der Waals surface area contributed by atoms with Gasteiger partial charge < -0.3 is 10.1 Å². The maximum Gasteiger partial charge on any atom is 0.321 e. The second-order valence-corrected chi connectivity index (χ2v) is 6.40. The Bertz CT molecular complexity index is 1080. The van der Waals surface area contributed by atoms with Crippen molar-refractivity contribution in [2.75, 3.05) is 11.9 Å². The van der Waals surface area contributed by atoms with Gasteiger partial charge in [-0.15, -0.1) is 0 Å². The molecule has 0 aliphatic carbocycles. The number of amides is 3. The Kier molecular flexibility index (Phi) is 4.74. The van der Waals surface area contributed by atoms with E-state index >= 15 is 0 Å². The van der Waals surface area contributed by atoms with Crippen LogP contribution in [0, 0.1) is 6.92 Å². The van der Waals surface area contributed by atoms with E-state index in [1.807, 2.05) is 0 Å². The van der Waals surface area contributed by atoms with Crippen molar-refractivity contribution in [3.63, 3.8) is 0 Å². The maximum absolute atomic E-state index is 12.4. The van der Waals surface area contributed by atoms with Gasteiger partial charge in [0.1, 0.15) is 12.3 Å². The Hall–Kier alpha value is -4.07. The average Bonchev–Trinajstić information content (AvgIpc) is 2.96. The summed E-state index contributed by atoms with van der Waals surface area (Å²) in [4.78, 5) is 46.1. The quantitative estimate of drug-likeness (QED) is 0.675. The standard InChI is InChI=1S/C21H16N4O4/c1-13-11-14(29-21-22-9-4-10-23-21)7-8-17(13)24-18(26)12-25-19(27)15-5-2-3-6-16(15)20(25)28/h2-11H,12H2,1H3,(H,24,26). The molecule has 0 fully saturated rings. The first kappa shape index (κ1) is 18.3. The summed E-state index contributed by atoms with van der Waals surface area (Å²) in [6.07, 6.45) is 3.14. The number of hydrogen-bond acceptors (Lipinski definition) is 6. The Morgan fingerprint density at radius 1 is 1.00 bits per heavy atom. The van der Waals surface area contributed by atoms with Gasteiger partial charge in [0, 0.05) is 18.1 Å². The van der Waals surface area contributed by atoms with Crippen LogP contribution in [0.3, 0.4) is 0 Å². The summed E-state index contributed by atoms with van der Waals surface area (Å²) in [6.45, 7) is 1.44. The molecule has 8 heteroatoms. The average molecular weight is 388 g/mol. The fraction of sp³-hybridized carbons (Fsp3) is 0.0952. The molecule has 0 unspecified atom stereocenters. The lowest BCUT2D eigenvalue weighted by molar-refractivity contribution is -0.116. The van der Waals surface area contributed by atoms with Gasteiger partial charge in [-0.2, -0.15) is 0 Å². The van der Waals surface area contributed by atoms with E-state index < -0.39 is 17.7 Å². The number of aromatic nitrogens is 2. The van der Waals surface area contributed by atoms with Crippen LogP contribution in [0.4, 0.5) is 5.69 Å². The van der Waals surface area contributed by atoms with Gasteiger partial charge in [-0.05, 0) is 48.9 Å². The SMILES string of the molecule is Cc1cc(Oc2ncccn2)ccc1NC(=O)CN1C(=O)c2ccccc2C1=O. The molecule has 0 spiro atoms. The van der Waals surface area contributed by atoms with Crippen LogP contribution >= 0.6 is 0 Å². The van der Waals surface area contributed by atoms with Crippen LogP contribution in [-0.2, 0) is 4.79 Å². The number of imide groups is 1. The van der Waals surface area contributed by atoms with E-state index in [1.54, 1.807) is 67.8 Å². The van der Waals surface area contributed by atoms with Crippen LogP contribution in [0.2, 0.25) is 0 Å². The van der Waals surface area contributed by atoms with Crippen molar-refractivity contribution in [2.45, 2.75) is 6.92 Å². The molecule has 1 aliphatic heterocycles. The summed E-state index contributed by atoms with van der Waals surface area (Å²) < 4.78 is 5.56. The fourth-order valence-corrected chi connectivity index (χ4v) is 3.00. The predicted molar refractivity (Wildman–Crippen MR) is 104 cm³/mol. The zero-order valence-electron chi connectivity index (χ0n) is 15.5. The number of hydrogen-bond donors (Lipinski definition) is 1. The molecule has 3 amide bonds. The van der Waals surface area contributed by atoms with Crippen molar-refractivity contribution < 1.29 is 19.1 Å². The summed E-state index contributed by atoms with van der Waals surface area (Å²) in [5.41, 5.74) is 1.92. The molecule has 2 heterocycles. The van der Waals surface area contributed by atoms with Crippen LogP contribution in [0.15, 0.2) is 60.9 Å². The molecule has 2 aromatic carbocycles. The molecule has 144 valence electrons. The van der Waals surface area contributed by atoms with E-state index in [1.165, 1.54) is 0 Å². The lowest BCUT2D eigenvalue weighted by Gasteiger charge is -2.15. The minimum Gasteiger partial charge on any atom is -0.424 e. The Morgan fingerprint density at radius 2 is 1.66 bits per heavy atom. The third-order valence-electron chi connectivity index (χ3n) is 4.40. The van der Waals surface area contributed by atoms with Gasteiger partial charge in [0.25, 0.3) is 11.8 Å². The van der Waals surface area contributed by atoms with Gasteiger partial charge in [-0.25, -0.2) is 9.97 Å². The highest BCUT2D eigenvalue weighted by molar-refractivity contribution is 6.22. The number of rotatable bonds is 5. The van der Waals surface area contributed by atoms with Crippen molar-refractivity contribution in [3.8, 4) is 11.8 Å². The van der Waals surface area contributed by atoms with Crippen molar-refractivity contribution in [2.24, 2.45) is 0 Å². The number of nitrogens with zero attached hydrogens (tertiary/aromatic N) is 3. The minimum absolute atomic E-state index is 0.217. The molecule has 1 aliphatic rings. The molecular weight excluding hydrogens is 372 g/mol. The third-order valence-corrected chi connectivity index (χ3v) is 4.40. The summed E-state index contributed by atoms with van der Waals surface area (Å²) in [6, 6.07) is 13.5. The normalized spacial score (nSPS) is 12.7. The first-order valence-electron chi connectivity index (χ1n) is 8.83.